The zero-order chi connectivity index (χ0) is 13.1. The van der Waals surface area contributed by atoms with Crippen LogP contribution >= 0.6 is 0 Å². The second-order valence-electron chi connectivity index (χ2n) is 4.72. The molecule has 1 fully saturated rings. The van der Waals surface area contributed by atoms with Gasteiger partial charge < -0.3 is 4.57 Å². The van der Waals surface area contributed by atoms with Gasteiger partial charge in [0.25, 0.3) is 5.56 Å². The molecule has 98 valence electrons. The molecule has 0 aromatic carbocycles. The summed E-state index contributed by atoms with van der Waals surface area (Å²) in [7, 11) is 0. The smallest absolute Gasteiger partial charge is 0.301 e. The molecule has 0 radical (unpaired) electrons. The van der Waals surface area contributed by atoms with Crippen LogP contribution in [0.25, 0.3) is 0 Å². The van der Waals surface area contributed by atoms with E-state index in [1.54, 1.807) is 0 Å². The van der Waals surface area contributed by atoms with Crippen molar-refractivity contribution in [3.05, 3.63) is 33.1 Å². The lowest BCUT2D eigenvalue weighted by Crippen LogP contribution is -2.39. The van der Waals surface area contributed by atoms with Crippen LogP contribution in [0.4, 0.5) is 0 Å². The lowest BCUT2D eigenvalue weighted by molar-refractivity contribution is -0.120. The van der Waals surface area contributed by atoms with Gasteiger partial charge in [0.1, 0.15) is 5.78 Å². The van der Waals surface area contributed by atoms with Crippen molar-refractivity contribution in [3.63, 3.8) is 0 Å². The minimum atomic E-state index is -0.282. The Bertz CT molecular complexity index is 556. The molecule has 5 nitrogen and oxygen atoms in total. The van der Waals surface area contributed by atoms with Crippen LogP contribution in [0.1, 0.15) is 32.6 Å². The van der Waals surface area contributed by atoms with E-state index in [2.05, 4.69) is 0 Å². The number of hydrogen-bond acceptors (Lipinski definition) is 3. The van der Waals surface area contributed by atoms with Gasteiger partial charge in [-0.05, 0) is 26.2 Å². The summed E-state index contributed by atoms with van der Waals surface area (Å²) in [5.41, 5.74) is -0.564. The maximum absolute atomic E-state index is 11.9. The van der Waals surface area contributed by atoms with Crippen molar-refractivity contribution in [2.45, 2.75) is 45.7 Å². The molecule has 1 heterocycles. The normalized spacial score (nSPS) is 19.4. The van der Waals surface area contributed by atoms with Gasteiger partial charge in [0.2, 0.25) is 0 Å². The highest BCUT2D eigenvalue weighted by Crippen LogP contribution is 2.24. The van der Waals surface area contributed by atoms with Gasteiger partial charge in [-0.2, -0.15) is 0 Å². The summed E-state index contributed by atoms with van der Waals surface area (Å²) >= 11 is 0. The second-order valence-corrected chi connectivity index (χ2v) is 4.72. The van der Waals surface area contributed by atoms with E-state index in [9.17, 15) is 14.4 Å². The molecule has 18 heavy (non-hydrogen) atoms. The average Bonchev–Trinajstić information content (AvgIpc) is 2.75. The Morgan fingerprint density at radius 2 is 2.11 bits per heavy atom. The van der Waals surface area contributed by atoms with Gasteiger partial charge in [-0.15, -0.1) is 0 Å². The van der Waals surface area contributed by atoms with Crippen molar-refractivity contribution in [1.82, 2.24) is 9.13 Å². The highest BCUT2D eigenvalue weighted by molar-refractivity contribution is 5.82. The predicted molar refractivity (Wildman–Crippen MR) is 67.6 cm³/mol. The first-order valence-electron chi connectivity index (χ1n) is 6.46. The molecule has 0 saturated heterocycles. The van der Waals surface area contributed by atoms with E-state index in [-0.39, 0.29) is 23.0 Å². The number of nitrogens with zero attached hydrogens (tertiary/aromatic N) is 2. The van der Waals surface area contributed by atoms with Crippen LogP contribution in [-0.4, -0.2) is 14.9 Å². The molecule has 1 aromatic rings. The summed E-state index contributed by atoms with van der Waals surface area (Å²) in [5.74, 6) is 0.307. The van der Waals surface area contributed by atoms with Gasteiger partial charge in [-0.1, -0.05) is 0 Å². The van der Waals surface area contributed by atoms with Crippen molar-refractivity contribution in [1.29, 1.82) is 0 Å². The van der Waals surface area contributed by atoms with Crippen LogP contribution in [0.2, 0.25) is 0 Å². The van der Waals surface area contributed by atoms with Crippen LogP contribution in [-0.2, 0) is 17.9 Å². The Morgan fingerprint density at radius 3 is 2.72 bits per heavy atom. The summed E-state index contributed by atoms with van der Waals surface area (Å²) in [6, 6.07) is 1.40. The van der Waals surface area contributed by atoms with E-state index in [4.69, 9.17) is 0 Å². The largest absolute Gasteiger partial charge is 0.330 e. The molecule has 0 aliphatic heterocycles. The third-order valence-corrected chi connectivity index (χ3v) is 3.61. The Hall–Kier alpha value is -1.65. The van der Waals surface area contributed by atoms with Crippen LogP contribution in [0.3, 0.4) is 0 Å². The number of hydrogen-bond donors (Lipinski definition) is 0. The number of ketones is 1. The van der Waals surface area contributed by atoms with E-state index in [0.29, 0.717) is 25.9 Å². The lowest BCUT2D eigenvalue weighted by Gasteiger charge is -2.10. The number of Topliss-reactive ketones (excluding diaryl/α,β-unsaturated/α-hetero) is 1. The summed E-state index contributed by atoms with van der Waals surface area (Å²) in [6.45, 7) is 2.74. The molecule has 1 saturated carbocycles. The minimum absolute atomic E-state index is 0.0339. The quantitative estimate of drug-likeness (QED) is 0.793. The van der Waals surface area contributed by atoms with E-state index < -0.39 is 0 Å². The minimum Gasteiger partial charge on any atom is -0.301 e. The first-order valence-corrected chi connectivity index (χ1v) is 6.46. The molecular formula is C13H18N2O3. The molecule has 0 amide bonds. The summed E-state index contributed by atoms with van der Waals surface area (Å²) in [4.78, 5) is 35.1. The highest BCUT2D eigenvalue weighted by atomic mass is 16.2. The number of carbonyl (C=O) groups is 1. The third kappa shape index (κ3) is 2.44. The molecular weight excluding hydrogens is 232 g/mol. The Kier molecular flexibility index (Phi) is 3.79. The zero-order valence-corrected chi connectivity index (χ0v) is 10.6. The molecule has 1 aliphatic rings. The second kappa shape index (κ2) is 5.33. The maximum atomic E-state index is 11.9. The summed E-state index contributed by atoms with van der Waals surface area (Å²) in [5, 5.41) is 0. The first kappa shape index (κ1) is 12.8. The van der Waals surface area contributed by atoms with Crippen LogP contribution in [0.5, 0.6) is 0 Å². The Morgan fingerprint density at radius 1 is 1.33 bits per heavy atom. The van der Waals surface area contributed by atoms with Gasteiger partial charge in [-0.3, -0.25) is 14.2 Å². The van der Waals surface area contributed by atoms with Crippen molar-refractivity contribution in [2.75, 3.05) is 0 Å². The molecule has 0 bridgehead atoms. The van der Waals surface area contributed by atoms with Gasteiger partial charge in [0.15, 0.2) is 0 Å². The average molecular weight is 250 g/mol. The van der Waals surface area contributed by atoms with E-state index in [1.807, 2.05) is 6.92 Å². The van der Waals surface area contributed by atoms with Gasteiger partial charge >= 0.3 is 5.69 Å². The van der Waals surface area contributed by atoms with Gasteiger partial charge in [0.05, 0.1) is 0 Å². The van der Waals surface area contributed by atoms with Gasteiger partial charge in [0, 0.05) is 37.7 Å². The van der Waals surface area contributed by atoms with E-state index in [0.717, 1.165) is 12.8 Å². The Labute approximate surface area is 105 Å². The Balaban J connectivity index is 2.16. The molecule has 1 aromatic heterocycles. The molecule has 1 atom stereocenters. The fraction of sp³-hybridized carbons (Fsp3) is 0.615. The third-order valence-electron chi connectivity index (χ3n) is 3.61. The first-order chi connectivity index (χ1) is 8.63. The van der Waals surface area contributed by atoms with Crippen LogP contribution < -0.4 is 11.2 Å². The molecule has 0 N–H and O–H groups in total. The van der Waals surface area contributed by atoms with Crippen molar-refractivity contribution in [2.24, 2.45) is 5.92 Å². The fourth-order valence-corrected chi connectivity index (χ4v) is 2.48. The number of aryl methyl sites for hydroxylation is 1. The molecule has 1 aliphatic carbocycles. The van der Waals surface area contributed by atoms with Crippen LogP contribution in [0, 0.1) is 5.92 Å². The van der Waals surface area contributed by atoms with Crippen molar-refractivity contribution in [3.8, 4) is 0 Å². The van der Waals surface area contributed by atoms with Crippen LogP contribution in [0.15, 0.2) is 21.9 Å². The molecule has 5 heteroatoms. The molecule has 0 spiro atoms. The van der Waals surface area contributed by atoms with Gasteiger partial charge in [-0.25, -0.2) is 4.79 Å². The topological polar surface area (TPSA) is 61.1 Å². The number of aromatic nitrogens is 2. The molecule has 1 unspecified atom stereocenters. The van der Waals surface area contributed by atoms with Crippen molar-refractivity contribution >= 4 is 5.78 Å². The highest BCUT2D eigenvalue weighted by Gasteiger charge is 2.24. The predicted octanol–water partition coefficient (Wildman–Crippen LogP) is 0.789. The SMILES string of the molecule is CCn1ccc(=O)n(CCC2CCCC2=O)c1=O. The summed E-state index contributed by atoms with van der Waals surface area (Å²) < 4.78 is 2.73. The van der Waals surface area contributed by atoms with Crippen molar-refractivity contribution < 1.29 is 4.79 Å². The monoisotopic (exact) mass is 250 g/mol. The maximum Gasteiger partial charge on any atom is 0.330 e. The molecule has 2 rings (SSSR count). The zero-order valence-electron chi connectivity index (χ0n) is 10.6. The fourth-order valence-electron chi connectivity index (χ4n) is 2.48. The number of rotatable bonds is 4. The number of carbonyl (C=O) groups excluding carboxylic acids is 1. The lowest BCUT2D eigenvalue weighted by atomic mass is 10.0. The van der Waals surface area contributed by atoms with E-state index in [1.165, 1.54) is 21.4 Å². The summed E-state index contributed by atoms with van der Waals surface area (Å²) in [6.07, 6.45) is 4.59. The van der Waals surface area contributed by atoms with E-state index >= 15 is 0 Å². The standard InChI is InChI=1S/C13H18N2O3/c1-2-14-8-7-12(17)15(13(14)18)9-6-10-4-3-5-11(10)16/h7-8,10H,2-6,9H2,1H3.